The monoisotopic (exact) mass is 598 g/mol. The number of ether oxygens (including phenoxy) is 2. The number of aryl methyl sites for hydroxylation is 1. The smallest absolute Gasteiger partial charge is 0.305 e. The molecule has 1 atom stereocenters. The van der Waals surface area contributed by atoms with Gasteiger partial charge < -0.3 is 19.2 Å². The minimum absolute atomic E-state index is 0.0363. The molecule has 12 nitrogen and oxygen atoms in total. The third kappa shape index (κ3) is 7.39. The van der Waals surface area contributed by atoms with Gasteiger partial charge >= 0.3 is 5.91 Å². The lowest BCUT2D eigenvalue weighted by Gasteiger charge is -2.19. The molecule has 15 heteroatoms. The van der Waals surface area contributed by atoms with Crippen LogP contribution in [0.1, 0.15) is 29.1 Å². The van der Waals surface area contributed by atoms with Crippen LogP contribution in [0, 0.1) is 6.92 Å². The number of methoxy groups -OCH3 is 2. The lowest BCUT2D eigenvalue weighted by atomic mass is 10.1. The van der Waals surface area contributed by atoms with Crippen molar-refractivity contribution in [1.29, 1.82) is 0 Å². The van der Waals surface area contributed by atoms with Crippen molar-refractivity contribution in [3.05, 3.63) is 64.5 Å². The first kappa shape index (κ1) is 27.9. The third-order valence-electron chi connectivity index (χ3n) is 4.70. The summed E-state index contributed by atoms with van der Waals surface area (Å²) >= 11 is 3.14. The van der Waals surface area contributed by atoms with Crippen LogP contribution in [0.2, 0.25) is 0 Å². The number of alkyl halides is 1. The molecule has 2 aromatic heterocycles. The van der Waals surface area contributed by atoms with E-state index in [1.807, 2.05) is 0 Å². The Kier molecular flexibility index (Phi) is 8.70. The fraction of sp³-hybridized carbons (Fsp3) is 0.273. The molecule has 37 heavy (non-hydrogen) atoms. The first-order chi connectivity index (χ1) is 17.4. The highest BCUT2D eigenvalue weighted by atomic mass is 79.9. The lowest BCUT2D eigenvalue weighted by molar-refractivity contribution is 0.0914. The van der Waals surface area contributed by atoms with Gasteiger partial charge in [0.15, 0.2) is 17.3 Å². The molecule has 0 fully saturated rings. The normalized spacial score (nSPS) is 13.4. The molecule has 0 saturated heterocycles. The Hall–Kier alpha value is -3.72. The molecule has 0 aliphatic rings. The fourth-order valence-electron chi connectivity index (χ4n) is 3.06. The second-order valence-corrected chi connectivity index (χ2v) is 10.3. The number of rotatable bonds is 8. The van der Waals surface area contributed by atoms with E-state index in [0.29, 0.717) is 10.2 Å². The molecule has 0 spiro atoms. The van der Waals surface area contributed by atoms with Crippen molar-refractivity contribution in [2.24, 2.45) is 4.40 Å². The molecule has 0 bridgehead atoms. The molecule has 0 saturated carbocycles. The standard InChI is InChI=1S/C22H24BrFN6O6S/c1-13-8-9-17(36-13)19(31)28-29-21(27-18-15(34-3)6-5-7-16(18)35-4)30-37(32,33)12-22(2,24)20-25-10-14(23)11-26-20/h5-11H,12H2,1-4H3,(H,28,31)(H2,27,29,30). The number of sulfonamides is 1. The molecule has 1 amide bonds. The van der Waals surface area contributed by atoms with Crippen LogP contribution in [0.15, 0.2) is 56.0 Å². The summed E-state index contributed by atoms with van der Waals surface area (Å²) in [5.74, 6) is -1.62. The van der Waals surface area contributed by atoms with E-state index in [1.54, 1.807) is 31.2 Å². The average Bonchev–Trinajstić information content (AvgIpc) is 3.28. The Labute approximate surface area is 220 Å². The van der Waals surface area contributed by atoms with E-state index in [9.17, 15) is 13.2 Å². The van der Waals surface area contributed by atoms with Crippen molar-refractivity contribution in [3.8, 4) is 11.5 Å². The van der Waals surface area contributed by atoms with Crippen LogP contribution >= 0.6 is 15.9 Å². The highest BCUT2D eigenvalue weighted by Gasteiger charge is 2.36. The van der Waals surface area contributed by atoms with Crippen LogP contribution < -0.4 is 25.6 Å². The van der Waals surface area contributed by atoms with Gasteiger partial charge in [0.05, 0.1) is 18.7 Å². The van der Waals surface area contributed by atoms with Gasteiger partial charge in [-0.15, -0.1) is 4.40 Å². The predicted octanol–water partition coefficient (Wildman–Crippen LogP) is 3.07. The minimum Gasteiger partial charge on any atom is -0.494 e. The zero-order valence-corrected chi connectivity index (χ0v) is 22.6. The SMILES string of the molecule is COc1cccc(OC)c1NC(=NS(=O)(=O)CC(C)(F)c1ncc(Br)cn1)NNC(=O)c1ccc(C)o1. The number of nitrogens with one attached hydrogen (secondary N) is 3. The van der Waals surface area contributed by atoms with Gasteiger partial charge in [-0.3, -0.25) is 15.6 Å². The lowest BCUT2D eigenvalue weighted by Crippen LogP contribution is -2.45. The van der Waals surface area contributed by atoms with Gasteiger partial charge in [-0.05, 0) is 54.0 Å². The maximum absolute atomic E-state index is 15.4. The largest absolute Gasteiger partial charge is 0.494 e. The van der Waals surface area contributed by atoms with Crippen LogP contribution in [-0.4, -0.2) is 50.2 Å². The quantitative estimate of drug-likeness (QED) is 0.200. The van der Waals surface area contributed by atoms with Gasteiger partial charge in [-0.25, -0.2) is 22.8 Å². The number of hydrogen-bond acceptors (Lipinski definition) is 8. The number of benzene rings is 1. The van der Waals surface area contributed by atoms with E-state index in [4.69, 9.17) is 13.9 Å². The maximum Gasteiger partial charge on any atom is 0.305 e. The van der Waals surface area contributed by atoms with Crippen LogP contribution in [0.4, 0.5) is 10.1 Å². The van der Waals surface area contributed by atoms with Crippen molar-refractivity contribution < 1.29 is 31.5 Å². The number of anilines is 1. The number of furan rings is 1. The van der Waals surface area contributed by atoms with Crippen LogP contribution in [0.3, 0.4) is 0 Å². The summed E-state index contributed by atoms with van der Waals surface area (Å²) in [6, 6.07) is 7.84. The maximum atomic E-state index is 15.4. The molecular weight excluding hydrogens is 575 g/mol. The number of nitrogens with zero attached hydrogens (tertiary/aromatic N) is 3. The molecule has 3 N–H and O–H groups in total. The number of halogens is 2. The number of hydrazine groups is 1. The minimum atomic E-state index is -4.52. The Balaban J connectivity index is 1.93. The van der Waals surface area contributed by atoms with Crippen molar-refractivity contribution in [1.82, 2.24) is 20.8 Å². The first-order valence-corrected chi connectivity index (χ1v) is 12.9. The van der Waals surface area contributed by atoms with Crippen LogP contribution in [0.25, 0.3) is 0 Å². The summed E-state index contributed by atoms with van der Waals surface area (Å²) < 4.78 is 61.3. The van der Waals surface area contributed by atoms with Crippen molar-refractivity contribution in [3.63, 3.8) is 0 Å². The summed E-state index contributed by atoms with van der Waals surface area (Å²) in [5, 5.41) is 2.72. The molecule has 2 heterocycles. The Morgan fingerprint density at radius 2 is 1.76 bits per heavy atom. The highest BCUT2D eigenvalue weighted by molar-refractivity contribution is 9.10. The molecule has 1 unspecified atom stereocenters. The van der Waals surface area contributed by atoms with Gasteiger partial charge in [-0.1, -0.05) is 6.07 Å². The number of carbonyl (C=O) groups is 1. The second kappa shape index (κ2) is 11.6. The number of aromatic nitrogens is 2. The van der Waals surface area contributed by atoms with E-state index in [1.165, 1.54) is 32.7 Å². The van der Waals surface area contributed by atoms with Gasteiger partial charge in [0.2, 0.25) is 5.96 Å². The second-order valence-electron chi connectivity index (χ2n) is 7.74. The molecular formula is C22H24BrFN6O6S. The third-order valence-corrected chi connectivity index (χ3v) is 6.48. The van der Waals surface area contributed by atoms with Gasteiger partial charge in [0.25, 0.3) is 10.0 Å². The number of carbonyl (C=O) groups excluding carboxylic acids is 1. The van der Waals surface area contributed by atoms with Gasteiger partial charge in [-0.2, -0.15) is 0 Å². The van der Waals surface area contributed by atoms with Crippen LogP contribution in [0.5, 0.6) is 11.5 Å². The molecule has 0 radical (unpaired) electrons. The predicted molar refractivity (Wildman–Crippen MR) is 137 cm³/mol. The molecule has 0 aliphatic carbocycles. The number of hydrogen-bond donors (Lipinski definition) is 3. The summed E-state index contributed by atoms with van der Waals surface area (Å²) in [4.78, 5) is 20.1. The topological polar surface area (TPSA) is 157 Å². The van der Waals surface area contributed by atoms with Crippen molar-refractivity contribution in [2.75, 3.05) is 25.3 Å². The van der Waals surface area contributed by atoms with E-state index >= 15 is 4.39 Å². The van der Waals surface area contributed by atoms with Crippen molar-refractivity contribution >= 4 is 43.5 Å². The average molecular weight is 599 g/mol. The van der Waals surface area contributed by atoms with E-state index in [0.717, 1.165) is 6.92 Å². The molecule has 3 rings (SSSR count). The number of para-hydroxylation sites is 1. The Bertz CT molecular complexity index is 1370. The zero-order valence-electron chi connectivity index (χ0n) is 20.2. The summed E-state index contributed by atoms with van der Waals surface area (Å²) in [5.41, 5.74) is 2.39. The molecule has 1 aromatic carbocycles. The van der Waals surface area contributed by atoms with Crippen molar-refractivity contribution in [2.45, 2.75) is 19.5 Å². The molecule has 0 aliphatic heterocycles. The first-order valence-electron chi connectivity index (χ1n) is 10.5. The number of amides is 1. The molecule has 3 aromatic rings. The van der Waals surface area contributed by atoms with E-state index < -0.39 is 33.3 Å². The van der Waals surface area contributed by atoms with Gasteiger partial charge in [0, 0.05) is 12.4 Å². The van der Waals surface area contributed by atoms with E-state index in [-0.39, 0.29) is 28.8 Å². The Morgan fingerprint density at radius 3 is 2.30 bits per heavy atom. The van der Waals surface area contributed by atoms with Gasteiger partial charge in [0.1, 0.15) is 28.7 Å². The summed E-state index contributed by atoms with van der Waals surface area (Å²) in [6.07, 6.45) is 2.59. The van der Waals surface area contributed by atoms with Crippen LogP contribution in [-0.2, 0) is 15.7 Å². The zero-order chi connectivity index (χ0) is 27.2. The summed E-state index contributed by atoms with van der Waals surface area (Å²) in [6.45, 7) is 2.68. The summed E-state index contributed by atoms with van der Waals surface area (Å²) in [7, 11) is -1.73. The molecule has 198 valence electrons. The Morgan fingerprint density at radius 1 is 1.14 bits per heavy atom. The van der Waals surface area contributed by atoms with E-state index in [2.05, 4.69) is 46.5 Å². The fourth-order valence-corrected chi connectivity index (χ4v) is 4.52. The highest BCUT2D eigenvalue weighted by Crippen LogP contribution is 2.34. The number of guanidine groups is 1.